The summed E-state index contributed by atoms with van der Waals surface area (Å²) >= 11 is 0. The van der Waals surface area contributed by atoms with E-state index in [0.29, 0.717) is 10.9 Å². The summed E-state index contributed by atoms with van der Waals surface area (Å²) in [5.74, 6) is 0.259. The molecular formula is C20H12ClF6N5. The van der Waals surface area contributed by atoms with Crippen molar-refractivity contribution in [3.8, 4) is 11.3 Å². The van der Waals surface area contributed by atoms with Crippen molar-refractivity contribution in [3.05, 3.63) is 72.4 Å². The SMILES string of the molecule is Cl.FC(F)(F)c1ccc(Nc2ncnc3cc(-c4ncccc4C(F)(F)F)ccc23)cn1. The quantitative estimate of drug-likeness (QED) is 0.356. The Bertz CT molecular complexity index is 1240. The van der Waals surface area contributed by atoms with E-state index in [1.165, 1.54) is 42.9 Å². The number of hydrogen-bond acceptors (Lipinski definition) is 5. The van der Waals surface area contributed by atoms with Gasteiger partial charge in [-0.3, -0.25) is 4.98 Å². The van der Waals surface area contributed by atoms with Crippen LogP contribution in [0.1, 0.15) is 11.3 Å². The summed E-state index contributed by atoms with van der Waals surface area (Å²) < 4.78 is 77.9. The molecule has 0 unspecified atom stereocenters. The topological polar surface area (TPSA) is 63.6 Å². The summed E-state index contributed by atoms with van der Waals surface area (Å²) in [6.07, 6.45) is -5.67. The van der Waals surface area contributed by atoms with Crippen molar-refractivity contribution in [3.63, 3.8) is 0 Å². The Morgan fingerprint density at radius 1 is 0.781 bits per heavy atom. The molecule has 1 N–H and O–H groups in total. The van der Waals surface area contributed by atoms with E-state index in [2.05, 4.69) is 25.3 Å². The zero-order chi connectivity index (χ0) is 22.2. The smallest absolute Gasteiger partial charge is 0.338 e. The molecule has 3 heterocycles. The van der Waals surface area contributed by atoms with Crippen molar-refractivity contribution < 1.29 is 26.3 Å². The van der Waals surface area contributed by atoms with Gasteiger partial charge in [0.25, 0.3) is 0 Å². The summed E-state index contributed by atoms with van der Waals surface area (Å²) in [5.41, 5.74) is -1.36. The number of nitrogens with zero attached hydrogens (tertiary/aromatic N) is 4. The lowest BCUT2D eigenvalue weighted by Gasteiger charge is -2.13. The Hall–Kier alpha value is -3.47. The first kappa shape index (κ1) is 23.2. The first-order valence-corrected chi connectivity index (χ1v) is 8.70. The number of fused-ring (bicyclic) bond motifs is 1. The molecule has 0 atom stereocenters. The Labute approximate surface area is 183 Å². The average Bonchev–Trinajstić information content (AvgIpc) is 2.73. The van der Waals surface area contributed by atoms with Gasteiger partial charge < -0.3 is 5.32 Å². The molecule has 1 aromatic carbocycles. The molecule has 0 radical (unpaired) electrons. The molecule has 0 saturated carbocycles. The number of benzene rings is 1. The normalized spacial score (nSPS) is 11.8. The van der Waals surface area contributed by atoms with Crippen LogP contribution in [0.25, 0.3) is 22.2 Å². The predicted molar refractivity (Wildman–Crippen MR) is 108 cm³/mol. The summed E-state index contributed by atoms with van der Waals surface area (Å²) in [6, 6.07) is 8.56. The highest BCUT2D eigenvalue weighted by Crippen LogP contribution is 2.37. The third kappa shape index (κ3) is 4.72. The highest BCUT2D eigenvalue weighted by atomic mass is 35.5. The number of halogens is 7. The zero-order valence-electron chi connectivity index (χ0n) is 15.7. The fourth-order valence-corrected chi connectivity index (χ4v) is 2.94. The standard InChI is InChI=1S/C20H11F6N5.ClH/c21-19(22,23)14-2-1-7-27-17(14)11-3-5-13-15(8-11)29-10-30-18(13)31-12-4-6-16(28-9-12)20(24,25)26;/h1-10H,(H,29,30,31);1H. The van der Waals surface area contributed by atoms with Crippen LogP contribution >= 0.6 is 12.4 Å². The van der Waals surface area contributed by atoms with Gasteiger partial charge in [-0.15, -0.1) is 12.4 Å². The molecular weight excluding hydrogens is 460 g/mol. The van der Waals surface area contributed by atoms with Gasteiger partial charge in [0.1, 0.15) is 17.8 Å². The molecule has 0 fully saturated rings. The fraction of sp³-hybridized carbons (Fsp3) is 0.100. The molecule has 0 aliphatic heterocycles. The van der Waals surface area contributed by atoms with Gasteiger partial charge >= 0.3 is 12.4 Å². The van der Waals surface area contributed by atoms with Crippen LogP contribution in [-0.2, 0) is 12.4 Å². The van der Waals surface area contributed by atoms with E-state index in [4.69, 9.17) is 0 Å². The molecule has 12 heteroatoms. The van der Waals surface area contributed by atoms with Gasteiger partial charge in [0.05, 0.1) is 28.7 Å². The van der Waals surface area contributed by atoms with Crippen LogP contribution < -0.4 is 5.32 Å². The summed E-state index contributed by atoms with van der Waals surface area (Å²) in [5, 5.41) is 3.30. The number of alkyl halides is 6. The van der Waals surface area contributed by atoms with E-state index >= 15 is 0 Å². The lowest BCUT2D eigenvalue weighted by atomic mass is 10.0. The first-order chi connectivity index (χ1) is 14.6. The predicted octanol–water partition coefficient (Wildman–Crippen LogP) is 6.29. The fourth-order valence-electron chi connectivity index (χ4n) is 2.94. The molecule has 4 aromatic rings. The van der Waals surface area contributed by atoms with Crippen molar-refractivity contribution >= 4 is 34.8 Å². The van der Waals surface area contributed by atoms with Crippen molar-refractivity contribution in [2.24, 2.45) is 0 Å². The van der Waals surface area contributed by atoms with Gasteiger partial charge in [0.2, 0.25) is 0 Å². The molecule has 0 bridgehead atoms. The lowest BCUT2D eigenvalue weighted by molar-refractivity contribution is -0.141. The average molecular weight is 472 g/mol. The van der Waals surface area contributed by atoms with Crippen LogP contribution in [0.3, 0.4) is 0 Å². The van der Waals surface area contributed by atoms with Crippen LogP contribution in [0.4, 0.5) is 37.8 Å². The molecule has 0 aliphatic carbocycles. The minimum Gasteiger partial charge on any atom is -0.338 e. The second-order valence-corrected chi connectivity index (χ2v) is 6.41. The highest BCUT2D eigenvalue weighted by molar-refractivity contribution is 5.93. The third-order valence-electron chi connectivity index (χ3n) is 4.34. The van der Waals surface area contributed by atoms with E-state index in [9.17, 15) is 26.3 Å². The van der Waals surface area contributed by atoms with Gasteiger partial charge in [-0.2, -0.15) is 26.3 Å². The summed E-state index contributed by atoms with van der Waals surface area (Å²) in [6.45, 7) is 0. The minimum absolute atomic E-state index is 0. The van der Waals surface area contributed by atoms with E-state index in [1.54, 1.807) is 0 Å². The van der Waals surface area contributed by atoms with E-state index in [0.717, 1.165) is 18.3 Å². The molecule has 32 heavy (non-hydrogen) atoms. The molecule has 166 valence electrons. The van der Waals surface area contributed by atoms with Crippen LogP contribution in [0, 0.1) is 0 Å². The highest BCUT2D eigenvalue weighted by Gasteiger charge is 2.34. The first-order valence-electron chi connectivity index (χ1n) is 8.70. The monoisotopic (exact) mass is 471 g/mol. The number of anilines is 2. The van der Waals surface area contributed by atoms with Crippen molar-refractivity contribution in [2.75, 3.05) is 5.32 Å². The van der Waals surface area contributed by atoms with Crippen LogP contribution in [-0.4, -0.2) is 19.9 Å². The maximum Gasteiger partial charge on any atom is 0.433 e. The van der Waals surface area contributed by atoms with Crippen molar-refractivity contribution in [1.29, 1.82) is 0 Å². The van der Waals surface area contributed by atoms with Gasteiger partial charge in [0.15, 0.2) is 0 Å². The summed E-state index contributed by atoms with van der Waals surface area (Å²) in [4.78, 5) is 15.4. The van der Waals surface area contributed by atoms with Gasteiger partial charge in [-0.05, 0) is 36.4 Å². The number of nitrogens with one attached hydrogen (secondary N) is 1. The maximum atomic E-state index is 13.3. The maximum absolute atomic E-state index is 13.3. The largest absolute Gasteiger partial charge is 0.433 e. The molecule has 0 aliphatic rings. The molecule has 4 rings (SSSR count). The van der Waals surface area contributed by atoms with Gasteiger partial charge in [-0.1, -0.05) is 6.07 Å². The lowest BCUT2D eigenvalue weighted by Crippen LogP contribution is -2.08. The van der Waals surface area contributed by atoms with Gasteiger partial charge in [-0.25, -0.2) is 15.0 Å². The van der Waals surface area contributed by atoms with Crippen molar-refractivity contribution in [2.45, 2.75) is 12.4 Å². The number of rotatable bonds is 3. The van der Waals surface area contributed by atoms with Crippen LogP contribution in [0.2, 0.25) is 0 Å². The number of hydrogen-bond donors (Lipinski definition) is 1. The zero-order valence-corrected chi connectivity index (χ0v) is 16.6. The van der Waals surface area contributed by atoms with Crippen molar-refractivity contribution in [1.82, 2.24) is 19.9 Å². The minimum atomic E-state index is -4.58. The summed E-state index contributed by atoms with van der Waals surface area (Å²) in [7, 11) is 0. The number of aromatic nitrogens is 4. The Kier molecular flexibility index (Phi) is 6.22. The molecule has 3 aromatic heterocycles. The molecule has 0 amide bonds. The van der Waals surface area contributed by atoms with E-state index < -0.39 is 23.6 Å². The third-order valence-corrected chi connectivity index (χ3v) is 4.34. The molecule has 0 saturated heterocycles. The molecule has 5 nitrogen and oxygen atoms in total. The number of pyridine rings is 2. The second kappa shape index (κ2) is 8.58. The van der Waals surface area contributed by atoms with E-state index in [1.807, 2.05) is 0 Å². The second-order valence-electron chi connectivity index (χ2n) is 6.41. The van der Waals surface area contributed by atoms with E-state index in [-0.39, 0.29) is 35.2 Å². The Morgan fingerprint density at radius 2 is 1.56 bits per heavy atom. The molecule has 0 spiro atoms. The Balaban J connectivity index is 0.00000289. The van der Waals surface area contributed by atoms with Crippen LogP contribution in [0.5, 0.6) is 0 Å². The van der Waals surface area contributed by atoms with Crippen LogP contribution in [0.15, 0.2) is 61.2 Å². The van der Waals surface area contributed by atoms with Gasteiger partial charge in [0, 0.05) is 17.1 Å². The Morgan fingerprint density at radius 3 is 2.22 bits per heavy atom.